The molecule has 0 radical (unpaired) electrons. The normalized spacial score (nSPS) is 13.6. The molecule has 0 heterocycles. The van der Waals surface area contributed by atoms with E-state index in [1.54, 1.807) is 0 Å². The molecule has 0 aromatic carbocycles. The van der Waals surface area contributed by atoms with Gasteiger partial charge in [-0.15, -0.1) is 0 Å². The highest BCUT2D eigenvalue weighted by Crippen LogP contribution is 2.13. The number of nitrogens with zero attached hydrogens (tertiary/aromatic N) is 1. The summed E-state index contributed by atoms with van der Waals surface area (Å²) in [6.45, 7) is 9.02. The van der Waals surface area contributed by atoms with E-state index < -0.39 is 0 Å². The molecular weight excluding hydrogens is 158 g/mol. The molecule has 0 unspecified atom stereocenters. The molecule has 0 bridgehead atoms. The van der Waals surface area contributed by atoms with Crippen LogP contribution in [0, 0.1) is 0 Å². The lowest BCUT2D eigenvalue weighted by Gasteiger charge is -2.12. The number of allylic oxidation sites excluding steroid dienone is 4. The fourth-order valence-electron chi connectivity index (χ4n) is 1.20. The zero-order chi connectivity index (χ0) is 10.3. The van der Waals surface area contributed by atoms with Crippen molar-refractivity contribution in [1.29, 1.82) is 0 Å². The molecule has 1 heteroatoms. The van der Waals surface area contributed by atoms with Crippen LogP contribution < -0.4 is 0 Å². The first-order valence-corrected chi connectivity index (χ1v) is 4.71. The summed E-state index contributed by atoms with van der Waals surface area (Å²) in [6, 6.07) is 0. The molecule has 0 N–H and O–H groups in total. The van der Waals surface area contributed by atoms with E-state index in [2.05, 4.69) is 51.6 Å². The van der Waals surface area contributed by atoms with Gasteiger partial charge in [-0.25, -0.2) is 0 Å². The number of hydrogen-bond acceptors (Lipinski definition) is 1. The predicted molar refractivity (Wildman–Crippen MR) is 60.9 cm³/mol. The topological polar surface area (TPSA) is 3.24 Å². The second-order valence-electron chi connectivity index (χ2n) is 3.45. The van der Waals surface area contributed by atoms with Crippen molar-refractivity contribution in [3.8, 4) is 0 Å². The van der Waals surface area contributed by atoms with Crippen molar-refractivity contribution >= 4 is 0 Å². The average Bonchev–Trinajstić information content (AvgIpc) is 2.05. The molecule has 0 amide bonds. The smallest absolute Gasteiger partial charge is 0.00157 e. The van der Waals surface area contributed by atoms with Gasteiger partial charge in [0.2, 0.25) is 0 Å². The first-order chi connectivity index (χ1) is 6.11. The quantitative estimate of drug-likeness (QED) is 0.586. The van der Waals surface area contributed by atoms with Crippen LogP contribution in [0.3, 0.4) is 0 Å². The fourth-order valence-corrected chi connectivity index (χ4v) is 1.20. The minimum Gasteiger partial charge on any atom is -0.309 e. The molecule has 0 saturated carbocycles. The molecule has 0 aliphatic carbocycles. The van der Waals surface area contributed by atoms with E-state index in [9.17, 15) is 0 Å². The Balaban J connectivity index is 4.20. The van der Waals surface area contributed by atoms with Crippen molar-refractivity contribution < 1.29 is 0 Å². The van der Waals surface area contributed by atoms with Gasteiger partial charge in [-0.1, -0.05) is 24.8 Å². The van der Waals surface area contributed by atoms with Crippen molar-refractivity contribution in [1.82, 2.24) is 4.90 Å². The SMILES string of the molecule is C=C/C=C(C)\C(=C/C)CCN(C)C. The second-order valence-corrected chi connectivity index (χ2v) is 3.45. The van der Waals surface area contributed by atoms with Crippen molar-refractivity contribution in [2.24, 2.45) is 0 Å². The monoisotopic (exact) mass is 179 g/mol. The van der Waals surface area contributed by atoms with Crippen LogP contribution in [0.4, 0.5) is 0 Å². The Bertz CT molecular complexity index is 209. The lowest BCUT2D eigenvalue weighted by molar-refractivity contribution is 0.413. The van der Waals surface area contributed by atoms with Crippen LogP contribution in [0.5, 0.6) is 0 Å². The predicted octanol–water partition coefficient (Wildman–Crippen LogP) is 3.02. The summed E-state index contributed by atoms with van der Waals surface area (Å²) in [7, 11) is 4.19. The molecule has 1 nitrogen and oxygen atoms in total. The first kappa shape index (κ1) is 12.2. The van der Waals surface area contributed by atoms with Crippen molar-refractivity contribution in [2.45, 2.75) is 20.3 Å². The van der Waals surface area contributed by atoms with Crippen LogP contribution in [-0.2, 0) is 0 Å². The number of rotatable bonds is 5. The second kappa shape index (κ2) is 6.67. The zero-order valence-electron chi connectivity index (χ0n) is 9.30. The molecule has 0 aliphatic rings. The van der Waals surface area contributed by atoms with Gasteiger partial charge in [-0.2, -0.15) is 0 Å². The van der Waals surface area contributed by atoms with Crippen LogP contribution in [0.1, 0.15) is 20.3 Å². The molecule has 0 spiro atoms. The molecule has 0 aromatic rings. The third-order valence-corrected chi connectivity index (χ3v) is 2.05. The van der Waals surface area contributed by atoms with E-state index in [1.807, 2.05) is 6.08 Å². The molecule has 0 aliphatic heterocycles. The summed E-state index contributed by atoms with van der Waals surface area (Å²) in [6.07, 6.45) is 7.19. The highest BCUT2D eigenvalue weighted by Gasteiger charge is 1.98. The summed E-state index contributed by atoms with van der Waals surface area (Å²) in [4.78, 5) is 2.20. The van der Waals surface area contributed by atoms with Crippen LogP contribution in [-0.4, -0.2) is 25.5 Å². The molecule has 0 atom stereocenters. The maximum absolute atomic E-state index is 3.70. The summed E-state index contributed by atoms with van der Waals surface area (Å²) in [5.74, 6) is 0. The van der Waals surface area contributed by atoms with Gasteiger partial charge in [0, 0.05) is 6.54 Å². The maximum Gasteiger partial charge on any atom is 0.00157 e. The lowest BCUT2D eigenvalue weighted by Crippen LogP contribution is -2.13. The highest BCUT2D eigenvalue weighted by atomic mass is 15.0. The molecule has 0 rings (SSSR count). The van der Waals surface area contributed by atoms with Gasteiger partial charge in [0.25, 0.3) is 0 Å². The lowest BCUT2D eigenvalue weighted by atomic mass is 10.0. The van der Waals surface area contributed by atoms with Crippen LogP contribution in [0.2, 0.25) is 0 Å². The fraction of sp³-hybridized carbons (Fsp3) is 0.500. The average molecular weight is 179 g/mol. The van der Waals surface area contributed by atoms with Crippen LogP contribution in [0.15, 0.2) is 36.0 Å². The zero-order valence-corrected chi connectivity index (χ0v) is 9.30. The van der Waals surface area contributed by atoms with E-state index in [0.29, 0.717) is 0 Å². The minimum atomic E-state index is 1.10. The standard InChI is InChI=1S/C12H21N/c1-6-8-11(3)12(7-2)9-10-13(4)5/h6-8H,1,9-10H2,2-5H3/b11-8-,12-7-. The Morgan fingerprint density at radius 3 is 2.38 bits per heavy atom. The van der Waals surface area contributed by atoms with Gasteiger partial charge in [0.05, 0.1) is 0 Å². The van der Waals surface area contributed by atoms with Crippen LogP contribution >= 0.6 is 0 Å². The van der Waals surface area contributed by atoms with Gasteiger partial charge >= 0.3 is 0 Å². The summed E-state index contributed by atoms with van der Waals surface area (Å²) < 4.78 is 0. The molecule has 0 saturated heterocycles. The first-order valence-electron chi connectivity index (χ1n) is 4.71. The molecule has 13 heavy (non-hydrogen) atoms. The Labute approximate surface area is 82.4 Å². The third-order valence-electron chi connectivity index (χ3n) is 2.05. The summed E-state index contributed by atoms with van der Waals surface area (Å²) in [5.41, 5.74) is 2.73. The van der Waals surface area contributed by atoms with Crippen molar-refractivity contribution in [3.63, 3.8) is 0 Å². The van der Waals surface area contributed by atoms with E-state index in [4.69, 9.17) is 0 Å². The van der Waals surface area contributed by atoms with Crippen LogP contribution in [0.25, 0.3) is 0 Å². The minimum absolute atomic E-state index is 1.10. The van der Waals surface area contributed by atoms with Gasteiger partial charge in [-0.05, 0) is 45.5 Å². The van der Waals surface area contributed by atoms with E-state index >= 15 is 0 Å². The third kappa shape index (κ3) is 5.42. The van der Waals surface area contributed by atoms with Crippen molar-refractivity contribution in [3.05, 3.63) is 36.0 Å². The largest absolute Gasteiger partial charge is 0.309 e. The Hall–Kier alpha value is -0.820. The van der Waals surface area contributed by atoms with Gasteiger partial charge in [-0.3, -0.25) is 0 Å². The Kier molecular flexibility index (Phi) is 6.25. The molecular formula is C12H21N. The van der Waals surface area contributed by atoms with Gasteiger partial charge in [0.15, 0.2) is 0 Å². The molecule has 74 valence electrons. The summed E-state index contributed by atoms with van der Waals surface area (Å²) >= 11 is 0. The van der Waals surface area contributed by atoms with E-state index in [0.717, 1.165) is 13.0 Å². The molecule has 0 aromatic heterocycles. The van der Waals surface area contributed by atoms with E-state index in [-0.39, 0.29) is 0 Å². The molecule has 0 fully saturated rings. The van der Waals surface area contributed by atoms with Crippen molar-refractivity contribution in [2.75, 3.05) is 20.6 Å². The van der Waals surface area contributed by atoms with E-state index in [1.165, 1.54) is 11.1 Å². The Morgan fingerprint density at radius 2 is 2.00 bits per heavy atom. The summed E-state index contributed by atoms with van der Waals surface area (Å²) in [5, 5.41) is 0. The van der Waals surface area contributed by atoms with Gasteiger partial charge in [0.1, 0.15) is 0 Å². The maximum atomic E-state index is 3.70. The Morgan fingerprint density at radius 1 is 1.38 bits per heavy atom. The highest BCUT2D eigenvalue weighted by molar-refractivity contribution is 5.31. The van der Waals surface area contributed by atoms with Gasteiger partial charge < -0.3 is 4.90 Å². The number of hydrogen-bond donors (Lipinski definition) is 0.